The molecule has 0 amide bonds. The second kappa shape index (κ2) is 6.43. The van der Waals surface area contributed by atoms with Crippen LogP contribution in [0.4, 0.5) is 11.4 Å². The molecule has 104 valence electrons. The Morgan fingerprint density at radius 3 is 2.35 bits per heavy atom. The van der Waals surface area contributed by atoms with Crippen LogP contribution in [0, 0.1) is 10.1 Å². The molecule has 0 heterocycles. The summed E-state index contributed by atoms with van der Waals surface area (Å²) >= 11 is 15.0. The molecule has 0 atom stereocenters. The maximum atomic E-state index is 11.0. The highest BCUT2D eigenvalue weighted by atomic mass is 79.9. The number of nitro benzene ring substituents is 1. The van der Waals surface area contributed by atoms with E-state index in [2.05, 4.69) is 21.2 Å². The van der Waals surface area contributed by atoms with Crippen molar-refractivity contribution in [3.05, 3.63) is 66.6 Å². The van der Waals surface area contributed by atoms with Gasteiger partial charge in [0.15, 0.2) is 0 Å². The van der Waals surface area contributed by atoms with Gasteiger partial charge in [-0.15, -0.1) is 0 Å². The molecular formula is C13H9BrCl2N2O2. The molecule has 0 aromatic heterocycles. The first-order chi connectivity index (χ1) is 9.47. The first-order valence-electron chi connectivity index (χ1n) is 5.59. The Bertz CT molecular complexity index is 648. The van der Waals surface area contributed by atoms with E-state index in [4.69, 9.17) is 23.2 Å². The molecule has 0 unspecified atom stereocenters. The summed E-state index contributed by atoms with van der Waals surface area (Å²) in [6.07, 6.45) is 0. The molecule has 0 fully saturated rings. The topological polar surface area (TPSA) is 55.2 Å². The first-order valence-corrected chi connectivity index (χ1v) is 7.14. The Morgan fingerprint density at radius 1 is 1.15 bits per heavy atom. The lowest BCUT2D eigenvalue weighted by Crippen LogP contribution is -2.02. The second-order valence-corrected chi connectivity index (χ2v) is 5.75. The van der Waals surface area contributed by atoms with Gasteiger partial charge < -0.3 is 5.32 Å². The second-order valence-electron chi connectivity index (χ2n) is 4.02. The Morgan fingerprint density at radius 2 is 1.75 bits per heavy atom. The van der Waals surface area contributed by atoms with Crippen molar-refractivity contribution in [2.45, 2.75) is 6.54 Å². The molecule has 0 saturated carbocycles. The van der Waals surface area contributed by atoms with E-state index in [1.807, 2.05) is 24.3 Å². The third-order valence-electron chi connectivity index (χ3n) is 2.63. The van der Waals surface area contributed by atoms with Crippen LogP contribution in [0.25, 0.3) is 0 Å². The molecule has 0 radical (unpaired) electrons. The molecule has 2 rings (SSSR count). The van der Waals surface area contributed by atoms with Gasteiger partial charge in [0.05, 0.1) is 15.0 Å². The zero-order valence-corrected chi connectivity index (χ0v) is 13.2. The van der Waals surface area contributed by atoms with Crippen molar-refractivity contribution in [1.29, 1.82) is 0 Å². The molecule has 0 saturated heterocycles. The summed E-state index contributed by atoms with van der Waals surface area (Å²) in [6.45, 7) is 0.450. The molecule has 0 aliphatic carbocycles. The van der Waals surface area contributed by atoms with E-state index in [9.17, 15) is 10.1 Å². The van der Waals surface area contributed by atoms with E-state index < -0.39 is 4.92 Å². The molecule has 1 N–H and O–H groups in total. The van der Waals surface area contributed by atoms with Gasteiger partial charge in [0.1, 0.15) is 5.69 Å². The number of benzene rings is 2. The predicted molar refractivity (Wildman–Crippen MR) is 84.6 cm³/mol. The number of nitrogens with one attached hydrogen (secondary N) is 1. The maximum Gasteiger partial charge on any atom is 0.293 e. The van der Waals surface area contributed by atoms with Gasteiger partial charge in [-0.3, -0.25) is 10.1 Å². The minimum absolute atomic E-state index is 0.100. The fraction of sp³-hybridized carbons (Fsp3) is 0.0769. The predicted octanol–water partition coefficient (Wildman–Crippen LogP) is 5.28. The van der Waals surface area contributed by atoms with Crippen LogP contribution in [0.1, 0.15) is 5.56 Å². The minimum Gasteiger partial charge on any atom is -0.375 e. The van der Waals surface area contributed by atoms with Crippen LogP contribution in [0.15, 0.2) is 40.9 Å². The minimum atomic E-state index is -0.494. The van der Waals surface area contributed by atoms with Gasteiger partial charge in [-0.2, -0.15) is 0 Å². The molecule has 2 aromatic carbocycles. The van der Waals surface area contributed by atoms with E-state index in [1.54, 1.807) is 0 Å². The average Bonchev–Trinajstić information content (AvgIpc) is 2.41. The molecule has 0 aliphatic heterocycles. The number of nitro groups is 1. The Hall–Kier alpha value is -1.30. The van der Waals surface area contributed by atoms with Crippen LogP contribution >= 0.6 is 39.1 Å². The Labute approximate surface area is 134 Å². The van der Waals surface area contributed by atoms with Crippen molar-refractivity contribution < 1.29 is 4.92 Å². The number of anilines is 1. The average molecular weight is 376 g/mol. The molecule has 0 spiro atoms. The SMILES string of the molecule is O=[N+]([O-])c1cc(Cl)c(Cl)cc1NCc1ccc(Br)cc1. The van der Waals surface area contributed by atoms with Crippen molar-refractivity contribution in [3.8, 4) is 0 Å². The summed E-state index contributed by atoms with van der Waals surface area (Å²) in [4.78, 5) is 10.5. The Kier molecular flexibility index (Phi) is 4.86. The fourth-order valence-electron chi connectivity index (χ4n) is 1.63. The van der Waals surface area contributed by atoms with E-state index in [0.717, 1.165) is 10.0 Å². The summed E-state index contributed by atoms with van der Waals surface area (Å²) < 4.78 is 0.974. The van der Waals surface area contributed by atoms with Gasteiger partial charge in [-0.1, -0.05) is 51.3 Å². The molecular weight excluding hydrogens is 367 g/mol. The van der Waals surface area contributed by atoms with Crippen molar-refractivity contribution in [1.82, 2.24) is 0 Å². The zero-order chi connectivity index (χ0) is 14.7. The van der Waals surface area contributed by atoms with E-state index in [-0.39, 0.29) is 15.7 Å². The van der Waals surface area contributed by atoms with Crippen LogP contribution < -0.4 is 5.32 Å². The number of nitrogens with zero attached hydrogens (tertiary/aromatic N) is 1. The van der Waals surface area contributed by atoms with Gasteiger partial charge in [-0.25, -0.2) is 0 Å². The number of halogens is 3. The first kappa shape index (κ1) is 15.1. The van der Waals surface area contributed by atoms with Crippen LogP contribution in [-0.2, 0) is 6.54 Å². The standard InChI is InChI=1S/C13H9BrCl2N2O2/c14-9-3-1-8(2-4-9)7-17-12-5-10(15)11(16)6-13(12)18(19)20/h1-6,17H,7H2. The third-order valence-corrected chi connectivity index (χ3v) is 3.88. The summed E-state index contributed by atoms with van der Waals surface area (Å²) in [5.41, 5.74) is 1.23. The quantitative estimate of drug-likeness (QED) is 0.584. The smallest absolute Gasteiger partial charge is 0.293 e. The van der Waals surface area contributed by atoms with Crippen molar-refractivity contribution >= 4 is 50.5 Å². The summed E-state index contributed by atoms with van der Waals surface area (Å²) in [6, 6.07) is 10.3. The molecule has 0 aliphatic rings. The van der Waals surface area contributed by atoms with E-state index in [0.29, 0.717) is 12.2 Å². The normalized spacial score (nSPS) is 10.3. The van der Waals surface area contributed by atoms with Crippen LogP contribution in [0.2, 0.25) is 10.0 Å². The van der Waals surface area contributed by atoms with E-state index >= 15 is 0 Å². The van der Waals surface area contributed by atoms with Gasteiger partial charge in [0.2, 0.25) is 0 Å². The monoisotopic (exact) mass is 374 g/mol. The lowest BCUT2D eigenvalue weighted by atomic mass is 10.2. The van der Waals surface area contributed by atoms with Crippen LogP contribution in [-0.4, -0.2) is 4.92 Å². The largest absolute Gasteiger partial charge is 0.375 e. The summed E-state index contributed by atoms with van der Waals surface area (Å²) in [7, 11) is 0. The van der Waals surface area contributed by atoms with Crippen LogP contribution in [0.3, 0.4) is 0 Å². The highest BCUT2D eigenvalue weighted by Crippen LogP contribution is 2.34. The number of rotatable bonds is 4. The maximum absolute atomic E-state index is 11.0. The Balaban J connectivity index is 2.22. The summed E-state index contributed by atoms with van der Waals surface area (Å²) in [5, 5.41) is 14.4. The molecule has 2 aromatic rings. The van der Waals surface area contributed by atoms with Gasteiger partial charge in [-0.05, 0) is 23.8 Å². The van der Waals surface area contributed by atoms with Gasteiger partial charge in [0.25, 0.3) is 5.69 Å². The highest BCUT2D eigenvalue weighted by Gasteiger charge is 2.16. The van der Waals surface area contributed by atoms with Gasteiger partial charge in [0, 0.05) is 17.1 Å². The lowest BCUT2D eigenvalue weighted by Gasteiger charge is -2.08. The number of hydrogen-bond acceptors (Lipinski definition) is 3. The van der Waals surface area contributed by atoms with Crippen molar-refractivity contribution in [2.75, 3.05) is 5.32 Å². The molecule has 4 nitrogen and oxygen atoms in total. The molecule has 7 heteroatoms. The van der Waals surface area contributed by atoms with Gasteiger partial charge >= 0.3 is 0 Å². The fourth-order valence-corrected chi connectivity index (χ4v) is 2.21. The molecule has 20 heavy (non-hydrogen) atoms. The third kappa shape index (κ3) is 3.62. The van der Waals surface area contributed by atoms with Crippen LogP contribution in [0.5, 0.6) is 0 Å². The van der Waals surface area contributed by atoms with E-state index in [1.165, 1.54) is 12.1 Å². The van der Waals surface area contributed by atoms with Crippen molar-refractivity contribution in [3.63, 3.8) is 0 Å². The zero-order valence-electron chi connectivity index (χ0n) is 10.1. The summed E-state index contributed by atoms with van der Waals surface area (Å²) in [5.74, 6) is 0. The highest BCUT2D eigenvalue weighted by molar-refractivity contribution is 9.10. The molecule has 0 bridgehead atoms. The van der Waals surface area contributed by atoms with Crippen molar-refractivity contribution in [2.24, 2.45) is 0 Å². The lowest BCUT2D eigenvalue weighted by molar-refractivity contribution is -0.383. The number of hydrogen-bond donors (Lipinski definition) is 1.